The Morgan fingerprint density at radius 1 is 1.42 bits per heavy atom. The minimum atomic E-state index is -1.98. The van der Waals surface area contributed by atoms with Crippen LogP contribution in [0.2, 0.25) is 5.02 Å². The molecule has 0 saturated heterocycles. The predicted molar refractivity (Wildman–Crippen MR) is 47.7 cm³/mol. The van der Waals surface area contributed by atoms with E-state index in [2.05, 4.69) is 0 Å². The van der Waals surface area contributed by atoms with Gasteiger partial charge in [-0.1, -0.05) is 17.7 Å². The molecule has 0 aliphatic carbocycles. The maximum Gasteiger partial charge on any atom is 0.190 e. The van der Waals surface area contributed by atoms with Crippen LogP contribution < -0.4 is 5.73 Å². The summed E-state index contributed by atoms with van der Waals surface area (Å²) in [6, 6.07) is 4.76. The second kappa shape index (κ2) is 2.94. The molecule has 0 spiro atoms. The molecule has 0 saturated carbocycles. The van der Waals surface area contributed by atoms with E-state index in [1.807, 2.05) is 0 Å². The highest BCUT2D eigenvalue weighted by Gasteiger charge is 2.24. The molecule has 1 aromatic carbocycles. The molecule has 0 aromatic heterocycles. The minimum absolute atomic E-state index is 0.145. The van der Waals surface area contributed by atoms with Crippen LogP contribution in [0.4, 0.5) is 5.69 Å². The number of benzene rings is 1. The monoisotopic (exact) mass is 187 g/mol. The van der Waals surface area contributed by atoms with Gasteiger partial charge in [-0.2, -0.15) is 0 Å². The highest BCUT2D eigenvalue weighted by atomic mass is 35.5. The standard InChI is InChI=1S/C8H10ClNO2/c1-8(11,12)7-5(9)3-2-4-6(7)10/h2-4,11-12H,10H2,1H3. The van der Waals surface area contributed by atoms with Crippen molar-refractivity contribution in [3.05, 3.63) is 28.8 Å². The molecule has 0 amide bonds. The fraction of sp³-hybridized carbons (Fsp3) is 0.250. The van der Waals surface area contributed by atoms with Crippen molar-refractivity contribution in [2.75, 3.05) is 5.73 Å². The summed E-state index contributed by atoms with van der Waals surface area (Å²) in [6.45, 7) is 1.21. The third-order valence-electron chi connectivity index (χ3n) is 1.52. The number of hydrogen-bond acceptors (Lipinski definition) is 3. The molecular formula is C8H10ClNO2. The number of aliphatic hydroxyl groups is 2. The van der Waals surface area contributed by atoms with Crippen LogP contribution in [0, 0.1) is 0 Å². The van der Waals surface area contributed by atoms with Crippen molar-refractivity contribution in [2.24, 2.45) is 0 Å². The van der Waals surface area contributed by atoms with Gasteiger partial charge in [-0.25, -0.2) is 0 Å². The molecule has 0 unspecified atom stereocenters. The molecule has 66 valence electrons. The summed E-state index contributed by atoms with van der Waals surface area (Å²) < 4.78 is 0. The lowest BCUT2D eigenvalue weighted by Crippen LogP contribution is -2.21. The molecule has 1 rings (SSSR count). The molecule has 0 aliphatic heterocycles. The van der Waals surface area contributed by atoms with Gasteiger partial charge in [0.25, 0.3) is 0 Å². The van der Waals surface area contributed by atoms with Crippen molar-refractivity contribution >= 4 is 17.3 Å². The van der Waals surface area contributed by atoms with Gasteiger partial charge in [0.15, 0.2) is 5.79 Å². The maximum atomic E-state index is 9.24. The number of anilines is 1. The predicted octanol–water partition coefficient (Wildman–Crippen LogP) is 1.08. The molecule has 12 heavy (non-hydrogen) atoms. The molecule has 0 heterocycles. The van der Waals surface area contributed by atoms with E-state index < -0.39 is 5.79 Å². The van der Waals surface area contributed by atoms with Crippen LogP contribution in [-0.2, 0) is 5.79 Å². The zero-order valence-corrected chi connectivity index (χ0v) is 7.34. The summed E-state index contributed by atoms with van der Waals surface area (Å²) in [5.41, 5.74) is 5.92. The van der Waals surface area contributed by atoms with Gasteiger partial charge in [0.05, 0.1) is 10.6 Å². The molecule has 0 atom stereocenters. The lowest BCUT2D eigenvalue weighted by molar-refractivity contribution is -0.151. The maximum absolute atomic E-state index is 9.24. The summed E-state index contributed by atoms with van der Waals surface area (Å²) in [6.07, 6.45) is 0. The summed E-state index contributed by atoms with van der Waals surface area (Å²) in [5, 5.41) is 18.7. The molecule has 4 heteroatoms. The van der Waals surface area contributed by atoms with Crippen molar-refractivity contribution in [1.82, 2.24) is 0 Å². The lowest BCUT2D eigenvalue weighted by Gasteiger charge is -2.19. The van der Waals surface area contributed by atoms with E-state index in [1.54, 1.807) is 18.2 Å². The quantitative estimate of drug-likeness (QED) is 0.455. The number of rotatable bonds is 1. The Labute approximate surface area is 75.4 Å². The average molecular weight is 188 g/mol. The zero-order valence-electron chi connectivity index (χ0n) is 6.58. The fourth-order valence-electron chi connectivity index (χ4n) is 1.04. The van der Waals surface area contributed by atoms with E-state index in [-0.39, 0.29) is 16.3 Å². The Balaban J connectivity index is 3.31. The third-order valence-corrected chi connectivity index (χ3v) is 1.83. The zero-order chi connectivity index (χ0) is 9.35. The van der Waals surface area contributed by atoms with E-state index in [4.69, 9.17) is 17.3 Å². The molecule has 1 aromatic rings. The van der Waals surface area contributed by atoms with Crippen molar-refractivity contribution < 1.29 is 10.2 Å². The fourth-order valence-corrected chi connectivity index (χ4v) is 1.40. The van der Waals surface area contributed by atoms with E-state index in [9.17, 15) is 10.2 Å². The Hall–Kier alpha value is -0.770. The van der Waals surface area contributed by atoms with Crippen LogP contribution in [0.15, 0.2) is 18.2 Å². The third kappa shape index (κ3) is 1.69. The molecule has 0 radical (unpaired) electrons. The van der Waals surface area contributed by atoms with E-state index in [1.165, 1.54) is 6.92 Å². The largest absolute Gasteiger partial charge is 0.398 e. The Morgan fingerprint density at radius 3 is 2.33 bits per heavy atom. The molecular weight excluding hydrogens is 178 g/mol. The molecule has 0 bridgehead atoms. The topological polar surface area (TPSA) is 66.5 Å². The highest BCUT2D eigenvalue weighted by Crippen LogP contribution is 2.30. The second-order valence-corrected chi connectivity index (χ2v) is 3.13. The number of hydrogen-bond donors (Lipinski definition) is 3. The van der Waals surface area contributed by atoms with Gasteiger partial charge in [-0.05, 0) is 19.1 Å². The van der Waals surface area contributed by atoms with E-state index in [0.29, 0.717) is 0 Å². The van der Waals surface area contributed by atoms with Gasteiger partial charge in [-0.15, -0.1) is 0 Å². The smallest absolute Gasteiger partial charge is 0.190 e. The van der Waals surface area contributed by atoms with Crippen molar-refractivity contribution in [2.45, 2.75) is 12.7 Å². The van der Waals surface area contributed by atoms with Gasteiger partial charge < -0.3 is 15.9 Å². The number of nitrogens with two attached hydrogens (primary N) is 1. The first kappa shape index (κ1) is 9.32. The summed E-state index contributed by atoms with van der Waals surface area (Å²) in [7, 11) is 0. The first-order valence-electron chi connectivity index (χ1n) is 3.42. The van der Waals surface area contributed by atoms with Crippen LogP contribution in [0.5, 0.6) is 0 Å². The van der Waals surface area contributed by atoms with Gasteiger partial charge in [-0.3, -0.25) is 0 Å². The second-order valence-electron chi connectivity index (χ2n) is 2.72. The van der Waals surface area contributed by atoms with Crippen molar-refractivity contribution in [1.29, 1.82) is 0 Å². The van der Waals surface area contributed by atoms with Gasteiger partial charge in [0, 0.05) is 5.69 Å². The SMILES string of the molecule is CC(O)(O)c1c(N)cccc1Cl. The van der Waals surface area contributed by atoms with Crippen LogP contribution in [-0.4, -0.2) is 10.2 Å². The molecule has 4 N–H and O–H groups in total. The molecule has 0 fully saturated rings. The van der Waals surface area contributed by atoms with Crippen LogP contribution in [0.1, 0.15) is 12.5 Å². The van der Waals surface area contributed by atoms with Gasteiger partial charge in [0.1, 0.15) is 0 Å². The van der Waals surface area contributed by atoms with Crippen molar-refractivity contribution in [3.63, 3.8) is 0 Å². The summed E-state index contributed by atoms with van der Waals surface area (Å²) in [5.74, 6) is -1.98. The lowest BCUT2D eigenvalue weighted by atomic mass is 10.1. The van der Waals surface area contributed by atoms with Crippen LogP contribution in [0.3, 0.4) is 0 Å². The number of halogens is 1. The normalized spacial score (nSPS) is 11.7. The summed E-state index contributed by atoms with van der Waals surface area (Å²) in [4.78, 5) is 0. The summed E-state index contributed by atoms with van der Waals surface area (Å²) >= 11 is 5.71. The Morgan fingerprint density at radius 2 is 2.00 bits per heavy atom. The highest BCUT2D eigenvalue weighted by molar-refractivity contribution is 6.31. The Kier molecular flexibility index (Phi) is 2.28. The Bertz CT molecular complexity index is 273. The first-order valence-corrected chi connectivity index (χ1v) is 3.80. The van der Waals surface area contributed by atoms with E-state index in [0.717, 1.165) is 0 Å². The molecule has 3 nitrogen and oxygen atoms in total. The van der Waals surface area contributed by atoms with Crippen molar-refractivity contribution in [3.8, 4) is 0 Å². The van der Waals surface area contributed by atoms with Gasteiger partial charge in [0.2, 0.25) is 0 Å². The van der Waals surface area contributed by atoms with Gasteiger partial charge >= 0.3 is 0 Å². The average Bonchev–Trinajstić information content (AvgIpc) is 1.82. The minimum Gasteiger partial charge on any atom is -0.398 e. The number of nitrogen functional groups attached to an aromatic ring is 1. The van der Waals surface area contributed by atoms with Crippen LogP contribution in [0.25, 0.3) is 0 Å². The van der Waals surface area contributed by atoms with E-state index >= 15 is 0 Å². The first-order chi connectivity index (χ1) is 5.43. The molecule has 0 aliphatic rings. The van der Waals surface area contributed by atoms with Crippen LogP contribution >= 0.6 is 11.6 Å².